The van der Waals surface area contributed by atoms with Crippen molar-refractivity contribution in [3.63, 3.8) is 0 Å². The Bertz CT molecular complexity index is 400. The molecule has 3 N–H and O–H groups in total. The van der Waals surface area contributed by atoms with E-state index in [0.29, 0.717) is 12.6 Å². The van der Waals surface area contributed by atoms with Crippen LogP contribution in [0.3, 0.4) is 0 Å². The summed E-state index contributed by atoms with van der Waals surface area (Å²) in [6.07, 6.45) is 0. The highest BCUT2D eigenvalue weighted by atomic mass is 35.5. The van der Waals surface area contributed by atoms with Gasteiger partial charge in [-0.2, -0.15) is 0 Å². The summed E-state index contributed by atoms with van der Waals surface area (Å²) in [6, 6.07) is 6.11. The molecule has 1 atom stereocenters. The first kappa shape index (κ1) is 13.6. The van der Waals surface area contributed by atoms with E-state index >= 15 is 0 Å². The van der Waals surface area contributed by atoms with E-state index in [-0.39, 0.29) is 0 Å². The van der Waals surface area contributed by atoms with Crippen molar-refractivity contribution in [1.29, 1.82) is 0 Å². The summed E-state index contributed by atoms with van der Waals surface area (Å²) in [6.45, 7) is 4.43. The van der Waals surface area contributed by atoms with Crippen molar-refractivity contribution < 1.29 is 4.74 Å². The van der Waals surface area contributed by atoms with Gasteiger partial charge in [0.1, 0.15) is 5.75 Å². The zero-order valence-corrected chi connectivity index (χ0v) is 11.4. The predicted molar refractivity (Wildman–Crippen MR) is 74.1 cm³/mol. The van der Waals surface area contributed by atoms with Gasteiger partial charge in [0.25, 0.3) is 0 Å². The lowest BCUT2D eigenvalue weighted by atomic mass is 10.1. The van der Waals surface area contributed by atoms with E-state index in [4.69, 9.17) is 22.1 Å². The number of ether oxygens (including phenoxy) is 1. The van der Waals surface area contributed by atoms with Crippen molar-refractivity contribution in [2.24, 2.45) is 5.73 Å². The minimum absolute atomic E-state index is 0.377. The van der Waals surface area contributed by atoms with Crippen molar-refractivity contribution in [2.75, 3.05) is 33.3 Å². The molecule has 2 rings (SSSR count). The fraction of sp³-hybridized carbons (Fsp3) is 0.538. The van der Waals surface area contributed by atoms with Crippen LogP contribution in [-0.4, -0.2) is 44.2 Å². The number of benzene rings is 1. The summed E-state index contributed by atoms with van der Waals surface area (Å²) >= 11 is 6.05. The molecule has 100 valence electrons. The molecule has 0 spiro atoms. The van der Waals surface area contributed by atoms with E-state index < -0.39 is 0 Å². The zero-order valence-electron chi connectivity index (χ0n) is 10.7. The molecule has 1 saturated heterocycles. The normalized spacial score (nSPS) is 20.9. The molecular weight excluding hydrogens is 250 g/mol. The molecule has 1 heterocycles. The number of nitrogens with one attached hydrogen (secondary N) is 1. The summed E-state index contributed by atoms with van der Waals surface area (Å²) in [5, 5.41) is 4.10. The molecular formula is C13H20ClN3O. The van der Waals surface area contributed by atoms with E-state index in [1.807, 2.05) is 18.2 Å². The molecule has 1 aliphatic heterocycles. The summed E-state index contributed by atoms with van der Waals surface area (Å²) < 4.78 is 5.38. The van der Waals surface area contributed by atoms with Gasteiger partial charge in [-0.3, -0.25) is 4.90 Å². The molecule has 5 heteroatoms. The third-order valence-electron chi connectivity index (χ3n) is 3.36. The molecule has 1 aromatic carbocycles. The SMILES string of the molecule is COc1ccc(Cl)cc1CN1CCNCC1CN. The van der Waals surface area contributed by atoms with Crippen LogP contribution >= 0.6 is 11.6 Å². The Labute approximate surface area is 113 Å². The molecule has 4 nitrogen and oxygen atoms in total. The molecule has 0 aromatic heterocycles. The summed E-state index contributed by atoms with van der Waals surface area (Å²) in [5.74, 6) is 0.883. The molecule has 18 heavy (non-hydrogen) atoms. The second kappa shape index (κ2) is 6.38. The van der Waals surface area contributed by atoms with E-state index in [2.05, 4.69) is 10.2 Å². The number of nitrogens with zero attached hydrogens (tertiary/aromatic N) is 1. The number of piperazine rings is 1. The third-order valence-corrected chi connectivity index (χ3v) is 3.60. The highest BCUT2D eigenvalue weighted by molar-refractivity contribution is 6.30. The van der Waals surface area contributed by atoms with Crippen LogP contribution in [0.5, 0.6) is 5.75 Å². The fourth-order valence-electron chi connectivity index (χ4n) is 2.33. The Morgan fingerprint density at radius 1 is 1.56 bits per heavy atom. The van der Waals surface area contributed by atoms with Gasteiger partial charge in [0, 0.05) is 49.4 Å². The maximum Gasteiger partial charge on any atom is 0.123 e. The molecule has 1 fully saturated rings. The summed E-state index contributed by atoms with van der Waals surface area (Å²) in [7, 11) is 1.69. The predicted octanol–water partition coefficient (Wildman–Crippen LogP) is 1.08. The first-order valence-electron chi connectivity index (χ1n) is 6.22. The second-order valence-electron chi connectivity index (χ2n) is 4.52. The van der Waals surface area contributed by atoms with Gasteiger partial charge in [0.15, 0.2) is 0 Å². The van der Waals surface area contributed by atoms with Gasteiger partial charge in [0.05, 0.1) is 7.11 Å². The standard InChI is InChI=1S/C13H20ClN3O/c1-18-13-3-2-11(14)6-10(13)9-17-5-4-16-8-12(17)7-15/h2-3,6,12,16H,4-5,7-9,15H2,1H3. The number of hydrogen-bond acceptors (Lipinski definition) is 4. The number of halogens is 1. The van der Waals surface area contributed by atoms with Crippen LogP contribution in [0.2, 0.25) is 5.02 Å². The van der Waals surface area contributed by atoms with Crippen molar-refractivity contribution >= 4 is 11.6 Å². The highest BCUT2D eigenvalue weighted by Crippen LogP contribution is 2.24. The number of rotatable bonds is 4. The molecule has 1 aliphatic rings. The Kier molecular flexibility index (Phi) is 4.83. The molecule has 0 amide bonds. The van der Waals surface area contributed by atoms with Gasteiger partial charge in [-0.05, 0) is 18.2 Å². The van der Waals surface area contributed by atoms with E-state index in [0.717, 1.165) is 42.5 Å². The number of methoxy groups -OCH3 is 1. The Hall–Kier alpha value is -0.810. The molecule has 0 saturated carbocycles. The van der Waals surface area contributed by atoms with Gasteiger partial charge in [-0.25, -0.2) is 0 Å². The lowest BCUT2D eigenvalue weighted by Crippen LogP contribution is -2.53. The molecule has 0 bridgehead atoms. The average molecular weight is 270 g/mol. The Balaban J connectivity index is 2.14. The quantitative estimate of drug-likeness (QED) is 0.859. The van der Waals surface area contributed by atoms with Crippen LogP contribution in [0.15, 0.2) is 18.2 Å². The van der Waals surface area contributed by atoms with Crippen molar-refractivity contribution in [1.82, 2.24) is 10.2 Å². The van der Waals surface area contributed by atoms with Crippen LogP contribution in [-0.2, 0) is 6.54 Å². The second-order valence-corrected chi connectivity index (χ2v) is 4.96. The number of nitrogens with two attached hydrogens (primary N) is 1. The fourth-order valence-corrected chi connectivity index (χ4v) is 2.53. The van der Waals surface area contributed by atoms with Crippen molar-refractivity contribution in [3.8, 4) is 5.75 Å². The summed E-state index contributed by atoms with van der Waals surface area (Å²) in [5.41, 5.74) is 6.92. The first-order chi connectivity index (χ1) is 8.74. The topological polar surface area (TPSA) is 50.5 Å². The number of hydrogen-bond donors (Lipinski definition) is 2. The lowest BCUT2D eigenvalue weighted by molar-refractivity contribution is 0.156. The van der Waals surface area contributed by atoms with Gasteiger partial charge < -0.3 is 15.8 Å². The van der Waals surface area contributed by atoms with Crippen molar-refractivity contribution in [2.45, 2.75) is 12.6 Å². The molecule has 0 aliphatic carbocycles. The van der Waals surface area contributed by atoms with Crippen LogP contribution < -0.4 is 15.8 Å². The largest absolute Gasteiger partial charge is 0.496 e. The third kappa shape index (κ3) is 3.14. The van der Waals surface area contributed by atoms with Gasteiger partial charge >= 0.3 is 0 Å². The highest BCUT2D eigenvalue weighted by Gasteiger charge is 2.21. The van der Waals surface area contributed by atoms with Crippen LogP contribution in [0.25, 0.3) is 0 Å². The Morgan fingerprint density at radius 2 is 2.39 bits per heavy atom. The average Bonchev–Trinajstić information content (AvgIpc) is 2.40. The summed E-state index contributed by atoms with van der Waals surface area (Å²) in [4.78, 5) is 2.38. The van der Waals surface area contributed by atoms with Crippen molar-refractivity contribution in [3.05, 3.63) is 28.8 Å². The molecule has 1 aromatic rings. The maximum absolute atomic E-state index is 6.05. The lowest BCUT2D eigenvalue weighted by Gasteiger charge is -2.35. The monoisotopic (exact) mass is 269 g/mol. The molecule has 0 radical (unpaired) electrons. The smallest absolute Gasteiger partial charge is 0.123 e. The Morgan fingerprint density at radius 3 is 3.11 bits per heavy atom. The van der Waals surface area contributed by atoms with E-state index in [1.54, 1.807) is 7.11 Å². The zero-order chi connectivity index (χ0) is 13.0. The molecule has 1 unspecified atom stereocenters. The minimum atomic E-state index is 0.377. The van der Waals surface area contributed by atoms with Gasteiger partial charge in [-0.15, -0.1) is 0 Å². The minimum Gasteiger partial charge on any atom is -0.496 e. The first-order valence-corrected chi connectivity index (χ1v) is 6.59. The van der Waals surface area contributed by atoms with E-state index in [1.165, 1.54) is 0 Å². The maximum atomic E-state index is 6.05. The van der Waals surface area contributed by atoms with Gasteiger partial charge in [-0.1, -0.05) is 11.6 Å². The van der Waals surface area contributed by atoms with Crippen LogP contribution in [0, 0.1) is 0 Å². The van der Waals surface area contributed by atoms with E-state index in [9.17, 15) is 0 Å². The van der Waals surface area contributed by atoms with Crippen LogP contribution in [0.4, 0.5) is 0 Å². The van der Waals surface area contributed by atoms with Crippen LogP contribution in [0.1, 0.15) is 5.56 Å². The van der Waals surface area contributed by atoms with Gasteiger partial charge in [0.2, 0.25) is 0 Å².